The van der Waals surface area contributed by atoms with Crippen LogP contribution in [0, 0.1) is 10.1 Å². The van der Waals surface area contributed by atoms with Crippen LogP contribution in [0.2, 0.25) is 0 Å². The summed E-state index contributed by atoms with van der Waals surface area (Å²) in [6, 6.07) is 12.8. The van der Waals surface area contributed by atoms with Crippen molar-refractivity contribution in [2.75, 3.05) is 6.26 Å². The molecule has 2 aromatic rings. The molecule has 0 heterocycles. The first-order valence-corrected chi connectivity index (χ1v) is 7.89. The molecule has 0 unspecified atom stereocenters. The molecule has 0 aliphatic heterocycles. The van der Waals surface area contributed by atoms with Gasteiger partial charge in [0.25, 0.3) is 5.69 Å². The molecular weight excluding hydrogens is 316 g/mol. The fourth-order valence-corrected chi connectivity index (χ4v) is 2.52. The minimum Gasteiger partial charge on any atom is -0.313 e. The topological polar surface area (TPSA) is 81.8 Å². The van der Waals surface area contributed by atoms with Gasteiger partial charge in [0.1, 0.15) is 0 Å². The van der Waals surface area contributed by atoms with E-state index < -0.39 is 10.9 Å². The molecule has 23 heavy (non-hydrogen) atoms. The Morgan fingerprint density at radius 3 is 2.43 bits per heavy atom. The molecule has 7 heteroatoms. The molecule has 118 valence electrons. The molecule has 0 atom stereocenters. The van der Waals surface area contributed by atoms with E-state index >= 15 is 0 Å². The summed E-state index contributed by atoms with van der Waals surface area (Å²) in [5, 5.41) is 14.4. The highest BCUT2D eigenvalue weighted by atomic mass is 32.2. The van der Waals surface area contributed by atoms with Gasteiger partial charge < -0.3 is 4.84 Å². The van der Waals surface area contributed by atoms with Crippen molar-refractivity contribution in [2.24, 2.45) is 5.16 Å². The molecule has 2 rings (SSSR count). The number of nitrogens with zero attached hydrogens (tertiary/aromatic N) is 2. The number of rotatable bonds is 5. The van der Waals surface area contributed by atoms with Gasteiger partial charge >= 0.3 is 5.97 Å². The standard InChI is InChI=1S/C16H14N2O4S/c1-11(14-5-3-4-6-15(14)23-2)17-22-16(19)12-7-9-13(10-8-12)18(20)21/h3-10H,1-2H3/b17-11+. The average Bonchev–Trinajstić information content (AvgIpc) is 2.59. The number of hydrogen-bond acceptors (Lipinski definition) is 6. The molecule has 0 amide bonds. The zero-order chi connectivity index (χ0) is 16.8. The van der Waals surface area contributed by atoms with Gasteiger partial charge in [-0.15, -0.1) is 11.8 Å². The Kier molecular flexibility index (Phi) is 5.48. The van der Waals surface area contributed by atoms with E-state index in [1.165, 1.54) is 24.3 Å². The first kappa shape index (κ1) is 16.7. The Hall–Kier alpha value is -2.67. The van der Waals surface area contributed by atoms with E-state index in [2.05, 4.69) is 5.16 Å². The van der Waals surface area contributed by atoms with Crippen LogP contribution in [0.5, 0.6) is 0 Å². The number of carbonyl (C=O) groups is 1. The van der Waals surface area contributed by atoms with Crippen molar-refractivity contribution >= 4 is 29.1 Å². The van der Waals surface area contributed by atoms with Gasteiger partial charge in [-0.1, -0.05) is 23.4 Å². The van der Waals surface area contributed by atoms with Crippen LogP contribution < -0.4 is 0 Å². The number of benzene rings is 2. The highest BCUT2D eigenvalue weighted by Crippen LogP contribution is 2.20. The molecule has 0 fully saturated rings. The third-order valence-electron chi connectivity index (χ3n) is 3.08. The summed E-state index contributed by atoms with van der Waals surface area (Å²) in [6.07, 6.45) is 1.95. The third-order valence-corrected chi connectivity index (χ3v) is 3.87. The summed E-state index contributed by atoms with van der Waals surface area (Å²) in [6.45, 7) is 1.75. The second-order valence-electron chi connectivity index (χ2n) is 4.56. The third kappa shape index (κ3) is 4.17. The second-order valence-corrected chi connectivity index (χ2v) is 5.41. The van der Waals surface area contributed by atoms with Crippen LogP contribution in [0.3, 0.4) is 0 Å². The lowest BCUT2D eigenvalue weighted by Gasteiger charge is -2.06. The van der Waals surface area contributed by atoms with Gasteiger partial charge in [-0.25, -0.2) is 4.79 Å². The summed E-state index contributed by atoms with van der Waals surface area (Å²) in [4.78, 5) is 27.9. The van der Waals surface area contributed by atoms with Crippen LogP contribution in [0.4, 0.5) is 5.69 Å². The lowest BCUT2D eigenvalue weighted by molar-refractivity contribution is -0.384. The fourth-order valence-electron chi connectivity index (χ4n) is 1.87. The van der Waals surface area contributed by atoms with Crippen LogP contribution in [0.15, 0.2) is 58.6 Å². The maximum absolute atomic E-state index is 11.9. The SMILES string of the molecule is CSc1ccccc1/C(C)=N/OC(=O)c1ccc([N+](=O)[O-])cc1. The molecule has 0 N–H and O–H groups in total. The fraction of sp³-hybridized carbons (Fsp3) is 0.125. The number of thioether (sulfide) groups is 1. The maximum atomic E-state index is 11.9. The molecule has 0 aromatic heterocycles. The number of hydrogen-bond donors (Lipinski definition) is 0. The average molecular weight is 330 g/mol. The van der Waals surface area contributed by atoms with Crippen LogP contribution >= 0.6 is 11.8 Å². The Labute approximate surface area is 137 Å². The van der Waals surface area contributed by atoms with Gasteiger partial charge in [0.15, 0.2) is 0 Å². The molecule has 0 radical (unpaired) electrons. The Bertz CT molecular complexity index is 757. The maximum Gasteiger partial charge on any atom is 0.365 e. The van der Waals surface area contributed by atoms with Crippen molar-refractivity contribution in [3.63, 3.8) is 0 Å². The molecule has 0 saturated carbocycles. The van der Waals surface area contributed by atoms with E-state index in [9.17, 15) is 14.9 Å². The van der Waals surface area contributed by atoms with E-state index in [-0.39, 0.29) is 11.3 Å². The van der Waals surface area contributed by atoms with Crippen molar-refractivity contribution < 1.29 is 14.6 Å². The first-order valence-electron chi connectivity index (χ1n) is 6.66. The Morgan fingerprint density at radius 2 is 1.83 bits per heavy atom. The van der Waals surface area contributed by atoms with E-state index in [0.29, 0.717) is 5.71 Å². The summed E-state index contributed by atoms with van der Waals surface area (Å²) in [5.41, 5.74) is 1.57. The molecule has 0 aliphatic carbocycles. The minimum atomic E-state index is -0.666. The van der Waals surface area contributed by atoms with Gasteiger partial charge in [0.05, 0.1) is 16.2 Å². The van der Waals surface area contributed by atoms with Crippen molar-refractivity contribution in [3.8, 4) is 0 Å². The zero-order valence-corrected chi connectivity index (χ0v) is 13.4. The van der Waals surface area contributed by atoms with Crippen molar-refractivity contribution in [1.29, 1.82) is 0 Å². The Morgan fingerprint density at radius 1 is 1.17 bits per heavy atom. The molecule has 0 spiro atoms. The predicted octanol–water partition coefficient (Wildman–Crippen LogP) is 3.90. The van der Waals surface area contributed by atoms with Gasteiger partial charge in [0, 0.05) is 22.6 Å². The number of nitro benzene ring substituents is 1. The molecule has 0 aliphatic rings. The van der Waals surface area contributed by atoms with Gasteiger partial charge in [0.2, 0.25) is 0 Å². The smallest absolute Gasteiger partial charge is 0.313 e. The quantitative estimate of drug-likeness (QED) is 0.273. The highest BCUT2D eigenvalue weighted by Gasteiger charge is 2.11. The lowest BCUT2D eigenvalue weighted by atomic mass is 10.1. The zero-order valence-electron chi connectivity index (χ0n) is 12.6. The summed E-state index contributed by atoms with van der Waals surface area (Å²) in [7, 11) is 0. The normalized spacial score (nSPS) is 11.1. The van der Waals surface area contributed by atoms with Crippen LogP contribution in [0.25, 0.3) is 0 Å². The van der Waals surface area contributed by atoms with E-state index in [1.807, 2.05) is 30.5 Å². The monoisotopic (exact) mass is 330 g/mol. The van der Waals surface area contributed by atoms with Crippen molar-refractivity contribution in [1.82, 2.24) is 0 Å². The molecule has 6 nitrogen and oxygen atoms in total. The second kappa shape index (κ2) is 7.55. The number of non-ortho nitro benzene ring substituents is 1. The van der Waals surface area contributed by atoms with Gasteiger partial charge in [-0.2, -0.15) is 0 Å². The lowest BCUT2D eigenvalue weighted by Crippen LogP contribution is -2.04. The molecule has 2 aromatic carbocycles. The number of carbonyl (C=O) groups excluding carboxylic acids is 1. The van der Waals surface area contributed by atoms with Crippen LogP contribution in [0.1, 0.15) is 22.8 Å². The van der Waals surface area contributed by atoms with Crippen molar-refractivity contribution in [3.05, 3.63) is 69.8 Å². The molecule has 0 bridgehead atoms. The largest absolute Gasteiger partial charge is 0.365 e. The van der Waals surface area contributed by atoms with E-state index in [4.69, 9.17) is 4.84 Å². The molecular formula is C16H14N2O4S. The first-order chi connectivity index (χ1) is 11.0. The van der Waals surface area contributed by atoms with Crippen LogP contribution in [-0.2, 0) is 4.84 Å². The van der Waals surface area contributed by atoms with E-state index in [1.54, 1.807) is 18.7 Å². The highest BCUT2D eigenvalue weighted by molar-refractivity contribution is 7.98. The summed E-state index contributed by atoms with van der Waals surface area (Å²) < 4.78 is 0. The minimum absolute atomic E-state index is 0.0878. The predicted molar refractivity (Wildman–Crippen MR) is 88.9 cm³/mol. The van der Waals surface area contributed by atoms with E-state index in [0.717, 1.165) is 10.5 Å². The van der Waals surface area contributed by atoms with Crippen molar-refractivity contribution in [2.45, 2.75) is 11.8 Å². The Balaban J connectivity index is 2.12. The molecule has 0 saturated heterocycles. The summed E-state index contributed by atoms with van der Waals surface area (Å²) in [5.74, 6) is -0.666. The van der Waals surface area contributed by atoms with Crippen LogP contribution in [-0.4, -0.2) is 22.9 Å². The number of oxime groups is 1. The van der Waals surface area contributed by atoms with Gasteiger partial charge in [-0.05, 0) is 31.4 Å². The number of nitro groups is 1. The van der Waals surface area contributed by atoms with Gasteiger partial charge in [-0.3, -0.25) is 10.1 Å². The summed E-state index contributed by atoms with van der Waals surface area (Å²) >= 11 is 1.57.